The first-order valence-corrected chi connectivity index (χ1v) is 8.46. The van der Waals surface area contributed by atoms with E-state index in [0.717, 1.165) is 5.56 Å². The second-order valence-corrected chi connectivity index (χ2v) is 5.54. The maximum atomic E-state index is 11.4. The Labute approximate surface area is 157 Å². The molecule has 0 saturated carbocycles. The first kappa shape index (κ1) is 25.7. The van der Waals surface area contributed by atoms with Gasteiger partial charge in [-0.3, -0.25) is 4.79 Å². The minimum Gasteiger partial charge on any atom is -0.467 e. The Bertz CT molecular complexity index is 521. The van der Waals surface area contributed by atoms with Gasteiger partial charge in [0, 0.05) is 41.5 Å². The second kappa shape index (κ2) is 14.7. The van der Waals surface area contributed by atoms with Crippen LogP contribution in [0.2, 0.25) is 0 Å². The zero-order chi connectivity index (χ0) is 20.7. The molecule has 7 nitrogen and oxygen atoms in total. The molecule has 0 spiro atoms. The Morgan fingerprint density at radius 3 is 1.77 bits per heavy atom. The van der Waals surface area contributed by atoms with E-state index in [9.17, 15) is 14.4 Å². The van der Waals surface area contributed by atoms with Crippen LogP contribution in [0, 0.1) is 0 Å². The monoisotopic (exact) mass is 367 g/mol. The average Bonchev–Trinajstić information content (AvgIpc) is 2.62. The molecule has 26 heavy (non-hydrogen) atoms. The predicted octanol–water partition coefficient (Wildman–Crippen LogP) is 2.16. The first-order valence-electron chi connectivity index (χ1n) is 8.46. The fourth-order valence-electron chi connectivity index (χ4n) is 1.83. The van der Waals surface area contributed by atoms with Crippen LogP contribution >= 0.6 is 0 Å². The number of ether oxygens (including phenoxy) is 1. The number of esters is 1. The number of nitrogens with one attached hydrogen (secondary N) is 1. The van der Waals surface area contributed by atoms with E-state index in [4.69, 9.17) is 0 Å². The van der Waals surface area contributed by atoms with Gasteiger partial charge < -0.3 is 19.9 Å². The number of urea groups is 1. The van der Waals surface area contributed by atoms with Gasteiger partial charge in [0.15, 0.2) is 0 Å². The van der Waals surface area contributed by atoms with Gasteiger partial charge in [-0.25, -0.2) is 9.59 Å². The number of amides is 3. The third-order valence-corrected chi connectivity index (χ3v) is 2.91. The van der Waals surface area contributed by atoms with Crippen molar-refractivity contribution in [2.75, 3.05) is 35.3 Å². The zero-order valence-electron chi connectivity index (χ0n) is 17.2. The summed E-state index contributed by atoms with van der Waals surface area (Å²) in [6, 6.07) is 8.87. The molecule has 1 aromatic carbocycles. The van der Waals surface area contributed by atoms with Crippen LogP contribution < -0.4 is 5.32 Å². The molecule has 1 N–H and O–H groups in total. The highest BCUT2D eigenvalue weighted by Crippen LogP contribution is 2.04. The van der Waals surface area contributed by atoms with Crippen molar-refractivity contribution in [1.82, 2.24) is 15.1 Å². The molecule has 0 aromatic heterocycles. The topological polar surface area (TPSA) is 79.0 Å². The van der Waals surface area contributed by atoms with Gasteiger partial charge in [-0.2, -0.15) is 0 Å². The lowest BCUT2D eigenvalue weighted by Crippen LogP contribution is -2.41. The smallest absolute Gasteiger partial charge is 0.328 e. The van der Waals surface area contributed by atoms with Crippen molar-refractivity contribution in [3.8, 4) is 0 Å². The van der Waals surface area contributed by atoms with Crippen molar-refractivity contribution >= 4 is 17.9 Å². The Morgan fingerprint density at radius 1 is 1.00 bits per heavy atom. The Kier molecular flexibility index (Phi) is 14.6. The maximum Gasteiger partial charge on any atom is 0.328 e. The van der Waals surface area contributed by atoms with Crippen molar-refractivity contribution in [3.05, 3.63) is 35.9 Å². The Morgan fingerprint density at radius 2 is 1.46 bits per heavy atom. The van der Waals surface area contributed by atoms with Crippen LogP contribution in [0.1, 0.15) is 26.3 Å². The van der Waals surface area contributed by atoms with Crippen LogP contribution in [0.25, 0.3) is 0 Å². The van der Waals surface area contributed by atoms with Gasteiger partial charge in [0.25, 0.3) is 0 Å². The van der Waals surface area contributed by atoms with Crippen LogP contribution in [-0.2, 0) is 20.7 Å². The molecule has 148 valence electrons. The van der Waals surface area contributed by atoms with E-state index in [-0.39, 0.29) is 11.9 Å². The minimum absolute atomic E-state index is 0.0185. The van der Waals surface area contributed by atoms with Gasteiger partial charge in [0.1, 0.15) is 6.04 Å². The lowest BCUT2D eigenvalue weighted by molar-refractivity contribution is -0.144. The number of carbonyl (C=O) groups excluding carboxylic acids is 3. The predicted molar refractivity (Wildman–Crippen MR) is 104 cm³/mol. The Hall–Kier alpha value is -2.57. The molecular weight excluding hydrogens is 334 g/mol. The minimum atomic E-state index is -0.620. The summed E-state index contributed by atoms with van der Waals surface area (Å²) in [5.74, 6) is -0.676. The van der Waals surface area contributed by atoms with Crippen molar-refractivity contribution in [2.45, 2.75) is 33.2 Å². The van der Waals surface area contributed by atoms with Crippen LogP contribution in [-0.4, -0.2) is 69.0 Å². The Balaban J connectivity index is 0. The van der Waals surface area contributed by atoms with Crippen LogP contribution in [0.3, 0.4) is 0 Å². The molecule has 0 aliphatic carbocycles. The number of methoxy groups -OCH3 is 1. The highest BCUT2D eigenvalue weighted by Gasteiger charge is 2.20. The van der Waals surface area contributed by atoms with E-state index >= 15 is 0 Å². The molecule has 1 aromatic rings. The summed E-state index contributed by atoms with van der Waals surface area (Å²) in [6.45, 7) is 5.38. The van der Waals surface area contributed by atoms with Crippen molar-refractivity contribution in [1.29, 1.82) is 0 Å². The summed E-state index contributed by atoms with van der Waals surface area (Å²) >= 11 is 0. The molecule has 0 radical (unpaired) electrons. The van der Waals surface area contributed by atoms with Gasteiger partial charge >= 0.3 is 12.0 Å². The summed E-state index contributed by atoms with van der Waals surface area (Å²) in [7, 11) is 8.21. The normalized spacial score (nSPS) is 10.0. The number of rotatable bonds is 4. The van der Waals surface area contributed by atoms with Crippen molar-refractivity contribution in [2.24, 2.45) is 0 Å². The highest BCUT2D eigenvalue weighted by atomic mass is 16.5. The van der Waals surface area contributed by atoms with Crippen LogP contribution in [0.15, 0.2) is 30.3 Å². The van der Waals surface area contributed by atoms with Crippen molar-refractivity contribution in [3.63, 3.8) is 0 Å². The van der Waals surface area contributed by atoms with E-state index in [0.29, 0.717) is 6.42 Å². The quantitative estimate of drug-likeness (QED) is 0.827. The number of carbonyl (C=O) groups is 3. The lowest BCUT2D eigenvalue weighted by Gasteiger charge is -2.16. The highest BCUT2D eigenvalue weighted by molar-refractivity contribution is 5.83. The molecule has 1 rings (SSSR count). The summed E-state index contributed by atoms with van der Waals surface area (Å²) < 4.78 is 4.63. The molecule has 0 saturated heterocycles. The molecule has 0 aliphatic heterocycles. The van der Waals surface area contributed by atoms with Crippen LogP contribution in [0.4, 0.5) is 4.79 Å². The molecule has 0 bridgehead atoms. The van der Waals surface area contributed by atoms with Gasteiger partial charge in [-0.15, -0.1) is 0 Å². The average molecular weight is 367 g/mol. The fourth-order valence-corrected chi connectivity index (χ4v) is 1.83. The number of hydrogen-bond acceptors (Lipinski definition) is 4. The fraction of sp³-hybridized carbons (Fsp3) is 0.526. The van der Waals surface area contributed by atoms with Gasteiger partial charge in [0.2, 0.25) is 5.91 Å². The maximum absolute atomic E-state index is 11.4. The third kappa shape index (κ3) is 11.9. The van der Waals surface area contributed by atoms with E-state index in [2.05, 4.69) is 10.1 Å². The molecule has 3 amide bonds. The van der Waals surface area contributed by atoms with E-state index in [1.165, 1.54) is 23.8 Å². The number of nitrogens with zero attached hydrogens (tertiary/aromatic N) is 2. The van der Waals surface area contributed by atoms with Crippen molar-refractivity contribution < 1.29 is 19.1 Å². The molecule has 1 atom stereocenters. The van der Waals surface area contributed by atoms with E-state index < -0.39 is 12.0 Å². The third-order valence-electron chi connectivity index (χ3n) is 2.91. The largest absolute Gasteiger partial charge is 0.467 e. The lowest BCUT2D eigenvalue weighted by atomic mass is 10.1. The summed E-state index contributed by atoms with van der Waals surface area (Å²) in [5, 5.41) is 2.57. The molecular formula is C19H33N3O4. The van der Waals surface area contributed by atoms with E-state index in [1.54, 1.807) is 28.2 Å². The summed E-state index contributed by atoms with van der Waals surface area (Å²) in [4.78, 5) is 36.1. The van der Waals surface area contributed by atoms with Crippen LogP contribution in [0.5, 0.6) is 0 Å². The number of benzene rings is 1. The summed E-state index contributed by atoms with van der Waals surface area (Å²) in [6.07, 6.45) is 0.438. The van der Waals surface area contributed by atoms with Gasteiger partial charge in [-0.05, 0) is 5.56 Å². The van der Waals surface area contributed by atoms with Gasteiger partial charge in [-0.1, -0.05) is 44.2 Å². The number of hydrogen-bond donors (Lipinski definition) is 1. The molecule has 7 heteroatoms. The van der Waals surface area contributed by atoms with E-state index in [1.807, 2.05) is 44.2 Å². The standard InChI is InChI=1S/C12H15NO3.C5H12N2O.C2H6/c1-9(14)13-11(12(15)16-2)8-10-6-4-3-5-7-10;1-6(2)5(8)7(3)4;1-2/h3-7,11H,8H2,1-2H3,(H,13,14);1-4H3;1-2H3. The zero-order valence-corrected chi connectivity index (χ0v) is 17.2. The first-order chi connectivity index (χ1) is 12.2. The molecule has 0 heterocycles. The molecule has 0 aliphatic rings. The summed E-state index contributed by atoms with van der Waals surface area (Å²) in [5.41, 5.74) is 0.978. The second-order valence-electron chi connectivity index (χ2n) is 5.54. The SMILES string of the molecule is CC.CN(C)C(=O)N(C)C.COC(=O)C(Cc1ccccc1)NC(C)=O. The van der Waals surface area contributed by atoms with Gasteiger partial charge in [0.05, 0.1) is 7.11 Å². The molecule has 1 unspecified atom stereocenters. The molecule has 0 fully saturated rings.